The monoisotopic (exact) mass is 208 g/mol. The number of phenolic OH excluding ortho intramolecular Hbond substituents is 1. The molecule has 1 aromatic rings. The van der Waals surface area contributed by atoms with E-state index in [0.29, 0.717) is 11.3 Å². The molecule has 0 aliphatic heterocycles. The zero-order valence-electron chi connectivity index (χ0n) is 9.16. The van der Waals surface area contributed by atoms with Crippen LogP contribution in [0.5, 0.6) is 5.75 Å². The maximum Gasteiger partial charge on any atom is 0.241 e. The number of carbonyl (C=O) groups is 1. The van der Waals surface area contributed by atoms with Crippen molar-refractivity contribution in [1.82, 2.24) is 0 Å². The van der Waals surface area contributed by atoms with E-state index in [4.69, 9.17) is 5.73 Å². The number of nitrogens with two attached hydrogens (primary N) is 1. The average Bonchev–Trinajstić information content (AvgIpc) is 2.18. The first kappa shape index (κ1) is 11.5. The summed E-state index contributed by atoms with van der Waals surface area (Å²) in [4.78, 5) is 11.3. The Kier molecular flexibility index (Phi) is 3.31. The quantitative estimate of drug-likeness (QED) is 0.685. The summed E-state index contributed by atoms with van der Waals surface area (Å²) in [6, 6.07) is 2.94. The predicted octanol–water partition coefficient (Wildman–Crippen LogP) is 1.29. The number of hydrogen-bond donors (Lipinski definition) is 3. The Hall–Kier alpha value is -1.55. The summed E-state index contributed by atoms with van der Waals surface area (Å²) in [6.07, 6.45) is 0. The van der Waals surface area contributed by atoms with Gasteiger partial charge in [0, 0.05) is 11.3 Å². The molecule has 0 heterocycles. The highest BCUT2D eigenvalue weighted by Gasteiger charge is 2.11. The third kappa shape index (κ3) is 2.47. The number of phenols is 1. The van der Waals surface area contributed by atoms with E-state index in [1.807, 2.05) is 0 Å². The minimum atomic E-state index is -0.562. The highest BCUT2D eigenvalue weighted by Crippen LogP contribution is 2.27. The van der Waals surface area contributed by atoms with E-state index in [1.165, 1.54) is 0 Å². The fraction of sp³-hybridized carbons (Fsp3) is 0.364. The van der Waals surface area contributed by atoms with Crippen LogP contribution in [0.25, 0.3) is 0 Å². The summed E-state index contributed by atoms with van der Waals surface area (Å²) in [7, 11) is 0. The van der Waals surface area contributed by atoms with Crippen molar-refractivity contribution in [2.24, 2.45) is 5.73 Å². The van der Waals surface area contributed by atoms with Gasteiger partial charge < -0.3 is 16.2 Å². The van der Waals surface area contributed by atoms with Crippen molar-refractivity contribution < 1.29 is 9.90 Å². The maximum atomic E-state index is 11.3. The van der Waals surface area contributed by atoms with Crippen LogP contribution in [0.15, 0.2) is 12.1 Å². The highest BCUT2D eigenvalue weighted by molar-refractivity contribution is 5.95. The van der Waals surface area contributed by atoms with Crippen molar-refractivity contribution >= 4 is 11.6 Å². The number of carbonyl (C=O) groups excluding carboxylic acids is 1. The molecule has 15 heavy (non-hydrogen) atoms. The lowest BCUT2D eigenvalue weighted by atomic mass is 10.1. The van der Waals surface area contributed by atoms with Gasteiger partial charge in [-0.2, -0.15) is 0 Å². The average molecular weight is 208 g/mol. The van der Waals surface area contributed by atoms with E-state index in [2.05, 4.69) is 5.32 Å². The molecule has 4 N–H and O–H groups in total. The zero-order chi connectivity index (χ0) is 11.6. The first-order valence-corrected chi connectivity index (χ1v) is 4.79. The molecule has 1 rings (SSSR count). The lowest BCUT2D eigenvalue weighted by molar-refractivity contribution is -0.117. The Morgan fingerprint density at radius 1 is 1.47 bits per heavy atom. The highest BCUT2D eigenvalue weighted by atomic mass is 16.3. The van der Waals surface area contributed by atoms with Crippen LogP contribution in [-0.2, 0) is 4.79 Å². The minimum absolute atomic E-state index is 0.206. The molecule has 4 nitrogen and oxygen atoms in total. The van der Waals surface area contributed by atoms with Gasteiger partial charge in [-0.3, -0.25) is 4.79 Å². The molecule has 0 saturated heterocycles. The molecule has 0 aromatic heterocycles. The molecule has 0 aliphatic rings. The van der Waals surface area contributed by atoms with Crippen LogP contribution in [0.3, 0.4) is 0 Å². The van der Waals surface area contributed by atoms with Crippen LogP contribution >= 0.6 is 0 Å². The van der Waals surface area contributed by atoms with Crippen LogP contribution in [0.2, 0.25) is 0 Å². The Bertz CT molecular complexity index is 386. The second kappa shape index (κ2) is 4.31. The zero-order valence-corrected chi connectivity index (χ0v) is 9.16. The number of rotatable bonds is 2. The molecule has 0 saturated carbocycles. The number of hydrogen-bond acceptors (Lipinski definition) is 3. The van der Waals surface area contributed by atoms with Gasteiger partial charge in [-0.05, 0) is 32.4 Å². The van der Waals surface area contributed by atoms with Gasteiger partial charge in [0.2, 0.25) is 5.91 Å². The lowest BCUT2D eigenvalue weighted by Crippen LogP contribution is -2.32. The van der Waals surface area contributed by atoms with E-state index < -0.39 is 6.04 Å². The fourth-order valence-electron chi connectivity index (χ4n) is 1.22. The Labute approximate surface area is 89.1 Å². The molecule has 0 fully saturated rings. The van der Waals surface area contributed by atoms with Gasteiger partial charge in [-0.25, -0.2) is 0 Å². The van der Waals surface area contributed by atoms with Gasteiger partial charge in [-0.15, -0.1) is 0 Å². The number of nitrogens with one attached hydrogen (secondary N) is 1. The van der Waals surface area contributed by atoms with Crippen molar-refractivity contribution in [3.63, 3.8) is 0 Å². The maximum absolute atomic E-state index is 11.3. The third-order valence-corrected chi connectivity index (χ3v) is 2.30. The first-order valence-electron chi connectivity index (χ1n) is 4.79. The van der Waals surface area contributed by atoms with Crippen LogP contribution < -0.4 is 11.1 Å². The molecule has 1 amide bonds. The second-order valence-electron chi connectivity index (χ2n) is 3.68. The van der Waals surface area contributed by atoms with Crippen molar-refractivity contribution in [2.75, 3.05) is 5.32 Å². The molecule has 1 unspecified atom stereocenters. The molecular weight excluding hydrogens is 192 g/mol. The summed E-state index contributed by atoms with van der Waals surface area (Å²) in [5.74, 6) is -0.0566. The molecule has 1 atom stereocenters. The van der Waals surface area contributed by atoms with Gasteiger partial charge in [0.1, 0.15) is 5.75 Å². The predicted molar refractivity (Wildman–Crippen MR) is 59.9 cm³/mol. The molecule has 0 radical (unpaired) electrons. The number of aromatic hydroxyl groups is 1. The van der Waals surface area contributed by atoms with Gasteiger partial charge in [0.25, 0.3) is 0 Å². The van der Waals surface area contributed by atoms with E-state index in [-0.39, 0.29) is 11.7 Å². The normalized spacial score (nSPS) is 12.3. The summed E-state index contributed by atoms with van der Waals surface area (Å²) >= 11 is 0. The van der Waals surface area contributed by atoms with E-state index in [9.17, 15) is 9.90 Å². The van der Waals surface area contributed by atoms with Gasteiger partial charge in [-0.1, -0.05) is 6.07 Å². The number of amides is 1. The molecule has 0 spiro atoms. The largest absolute Gasteiger partial charge is 0.507 e. The van der Waals surface area contributed by atoms with Crippen molar-refractivity contribution in [3.05, 3.63) is 23.3 Å². The standard InChI is InChI=1S/C11H16N2O2/c1-6-4-5-9(7(2)10(6)14)13-11(15)8(3)12/h4-5,8,14H,12H2,1-3H3,(H,13,15). The molecular formula is C11H16N2O2. The van der Waals surface area contributed by atoms with Crippen molar-refractivity contribution in [1.29, 1.82) is 0 Å². The van der Waals surface area contributed by atoms with Crippen LogP contribution in [0, 0.1) is 13.8 Å². The Morgan fingerprint density at radius 3 is 2.60 bits per heavy atom. The molecule has 0 bridgehead atoms. The van der Waals surface area contributed by atoms with Crippen molar-refractivity contribution in [3.8, 4) is 5.75 Å². The number of benzene rings is 1. The van der Waals surface area contributed by atoms with Crippen molar-refractivity contribution in [2.45, 2.75) is 26.8 Å². The Balaban J connectivity index is 2.97. The van der Waals surface area contributed by atoms with Gasteiger partial charge >= 0.3 is 0 Å². The molecule has 4 heteroatoms. The first-order chi connectivity index (χ1) is 6.93. The molecule has 82 valence electrons. The summed E-state index contributed by atoms with van der Waals surface area (Å²) in [6.45, 7) is 5.16. The summed E-state index contributed by atoms with van der Waals surface area (Å²) < 4.78 is 0. The smallest absolute Gasteiger partial charge is 0.241 e. The number of anilines is 1. The number of aryl methyl sites for hydroxylation is 1. The lowest BCUT2D eigenvalue weighted by Gasteiger charge is -2.12. The van der Waals surface area contributed by atoms with Crippen LogP contribution in [0.1, 0.15) is 18.1 Å². The SMILES string of the molecule is Cc1ccc(NC(=O)C(C)N)c(C)c1O. The third-order valence-electron chi connectivity index (χ3n) is 2.30. The molecule has 1 aromatic carbocycles. The van der Waals surface area contributed by atoms with E-state index in [1.54, 1.807) is 32.9 Å². The molecule has 0 aliphatic carbocycles. The van der Waals surface area contributed by atoms with Crippen LogP contribution in [-0.4, -0.2) is 17.1 Å². The van der Waals surface area contributed by atoms with Crippen LogP contribution in [0.4, 0.5) is 5.69 Å². The second-order valence-corrected chi connectivity index (χ2v) is 3.68. The van der Waals surface area contributed by atoms with E-state index >= 15 is 0 Å². The topological polar surface area (TPSA) is 75.4 Å². The minimum Gasteiger partial charge on any atom is -0.507 e. The summed E-state index contributed by atoms with van der Waals surface area (Å²) in [5, 5.41) is 12.3. The fourth-order valence-corrected chi connectivity index (χ4v) is 1.22. The van der Waals surface area contributed by atoms with E-state index in [0.717, 1.165) is 5.56 Å². The summed E-state index contributed by atoms with van der Waals surface area (Å²) in [5.41, 5.74) is 7.46. The Morgan fingerprint density at radius 2 is 2.07 bits per heavy atom. The van der Waals surface area contributed by atoms with Gasteiger partial charge in [0.05, 0.1) is 6.04 Å². The van der Waals surface area contributed by atoms with Gasteiger partial charge in [0.15, 0.2) is 0 Å².